The van der Waals surface area contributed by atoms with E-state index in [1.54, 1.807) is 24.1 Å². The molecule has 5 nitrogen and oxygen atoms in total. The highest BCUT2D eigenvalue weighted by atomic mass is 19.1. The first-order chi connectivity index (χ1) is 14.6. The highest BCUT2D eigenvalue weighted by molar-refractivity contribution is 5.94. The molecule has 0 radical (unpaired) electrons. The average molecular weight is 405 g/mol. The number of benzene rings is 2. The molecule has 0 aliphatic carbocycles. The monoisotopic (exact) mass is 405 g/mol. The van der Waals surface area contributed by atoms with E-state index in [1.165, 1.54) is 12.1 Å². The minimum absolute atomic E-state index is 0.110. The second kappa shape index (κ2) is 8.61. The fraction of sp³-hybridized carbons (Fsp3) is 0.292. The van der Waals surface area contributed by atoms with Crippen LogP contribution in [-0.4, -0.2) is 41.0 Å². The molecule has 154 valence electrons. The van der Waals surface area contributed by atoms with E-state index in [-0.39, 0.29) is 11.5 Å². The van der Waals surface area contributed by atoms with Crippen LogP contribution in [0.4, 0.5) is 4.39 Å². The maximum Gasteiger partial charge on any atom is 0.256 e. The standard InChI is InChI=1S/C24H24FN3O2/c1-3-22-26-21-13-15-28(24(29)18-6-4-5-7-20(18)25)14-12-19(21)23(27-22)16-8-10-17(30-2)11-9-16/h4-11H,3,12-15H2,1-2H3. The molecule has 1 aliphatic rings. The third-order valence-corrected chi connectivity index (χ3v) is 5.46. The Morgan fingerprint density at radius 1 is 1.07 bits per heavy atom. The normalized spacial score (nSPS) is 13.5. The van der Waals surface area contributed by atoms with Crippen molar-refractivity contribution in [3.63, 3.8) is 0 Å². The first-order valence-electron chi connectivity index (χ1n) is 10.2. The number of carbonyl (C=O) groups is 1. The zero-order chi connectivity index (χ0) is 21.1. The molecule has 0 N–H and O–H groups in total. The van der Waals surface area contributed by atoms with Gasteiger partial charge in [0.1, 0.15) is 17.4 Å². The molecule has 0 unspecified atom stereocenters. The molecule has 1 aromatic heterocycles. The van der Waals surface area contributed by atoms with Gasteiger partial charge in [0.2, 0.25) is 0 Å². The van der Waals surface area contributed by atoms with Gasteiger partial charge in [-0.15, -0.1) is 0 Å². The Hall–Kier alpha value is -3.28. The van der Waals surface area contributed by atoms with Gasteiger partial charge in [-0.2, -0.15) is 0 Å². The number of hydrogen-bond donors (Lipinski definition) is 0. The van der Waals surface area contributed by atoms with Crippen molar-refractivity contribution in [1.29, 1.82) is 0 Å². The molecule has 2 heterocycles. The molecule has 3 aromatic rings. The number of ether oxygens (including phenoxy) is 1. The molecule has 0 atom stereocenters. The molecule has 0 fully saturated rings. The Labute approximate surface area is 175 Å². The number of fused-ring (bicyclic) bond motifs is 1. The molecule has 2 aromatic carbocycles. The zero-order valence-corrected chi connectivity index (χ0v) is 17.2. The van der Waals surface area contributed by atoms with Gasteiger partial charge in [-0.05, 0) is 42.8 Å². The van der Waals surface area contributed by atoms with E-state index in [0.717, 1.165) is 40.5 Å². The minimum atomic E-state index is -0.490. The van der Waals surface area contributed by atoms with Crippen LogP contribution in [0, 0.1) is 5.82 Å². The summed E-state index contributed by atoms with van der Waals surface area (Å²) in [6.45, 7) is 3.03. The molecule has 0 saturated heterocycles. The van der Waals surface area contributed by atoms with E-state index in [9.17, 15) is 9.18 Å². The van der Waals surface area contributed by atoms with Gasteiger partial charge in [-0.25, -0.2) is 14.4 Å². The second-order valence-corrected chi connectivity index (χ2v) is 7.27. The lowest BCUT2D eigenvalue weighted by Gasteiger charge is -2.20. The van der Waals surface area contributed by atoms with Crippen molar-refractivity contribution >= 4 is 5.91 Å². The predicted octanol–water partition coefficient (Wildman–Crippen LogP) is 4.09. The summed E-state index contributed by atoms with van der Waals surface area (Å²) >= 11 is 0. The maximum atomic E-state index is 14.1. The molecule has 0 saturated carbocycles. The number of rotatable bonds is 4. The number of aromatic nitrogens is 2. The molecule has 1 aliphatic heterocycles. The third kappa shape index (κ3) is 3.90. The van der Waals surface area contributed by atoms with Crippen LogP contribution < -0.4 is 4.74 Å². The van der Waals surface area contributed by atoms with E-state index >= 15 is 0 Å². The molecule has 4 rings (SSSR count). The number of methoxy groups -OCH3 is 1. The van der Waals surface area contributed by atoms with Crippen LogP contribution >= 0.6 is 0 Å². The van der Waals surface area contributed by atoms with Gasteiger partial charge in [0.25, 0.3) is 5.91 Å². The number of hydrogen-bond acceptors (Lipinski definition) is 4. The summed E-state index contributed by atoms with van der Waals surface area (Å²) in [5.74, 6) is 0.802. The van der Waals surface area contributed by atoms with Crippen LogP contribution in [0.3, 0.4) is 0 Å². The maximum absolute atomic E-state index is 14.1. The average Bonchev–Trinajstić information content (AvgIpc) is 3.01. The lowest BCUT2D eigenvalue weighted by atomic mass is 10.0. The van der Waals surface area contributed by atoms with Crippen molar-refractivity contribution in [2.24, 2.45) is 0 Å². The Balaban J connectivity index is 1.67. The Morgan fingerprint density at radius 3 is 2.50 bits per heavy atom. The van der Waals surface area contributed by atoms with Crippen molar-refractivity contribution in [2.75, 3.05) is 20.2 Å². The van der Waals surface area contributed by atoms with E-state index in [2.05, 4.69) is 0 Å². The van der Waals surface area contributed by atoms with Crippen LogP contribution in [0.15, 0.2) is 48.5 Å². The van der Waals surface area contributed by atoms with Crippen LogP contribution in [0.25, 0.3) is 11.3 Å². The van der Waals surface area contributed by atoms with Crippen molar-refractivity contribution in [2.45, 2.75) is 26.2 Å². The number of halogens is 1. The fourth-order valence-corrected chi connectivity index (χ4v) is 3.80. The number of carbonyl (C=O) groups excluding carboxylic acids is 1. The molecule has 0 bridgehead atoms. The van der Waals surface area contributed by atoms with Crippen LogP contribution in [0.2, 0.25) is 0 Å². The predicted molar refractivity (Wildman–Crippen MR) is 113 cm³/mol. The van der Waals surface area contributed by atoms with Gasteiger partial charge < -0.3 is 9.64 Å². The van der Waals surface area contributed by atoms with Crippen molar-refractivity contribution in [3.05, 3.63) is 77.0 Å². The SMILES string of the molecule is CCc1nc2c(c(-c3ccc(OC)cc3)n1)CCN(C(=O)c1ccccc1F)CC2. The minimum Gasteiger partial charge on any atom is -0.497 e. The van der Waals surface area contributed by atoms with E-state index in [1.807, 2.05) is 31.2 Å². The van der Waals surface area contributed by atoms with Crippen molar-refractivity contribution < 1.29 is 13.9 Å². The lowest BCUT2D eigenvalue weighted by Crippen LogP contribution is -2.33. The van der Waals surface area contributed by atoms with E-state index < -0.39 is 5.82 Å². The van der Waals surface area contributed by atoms with Gasteiger partial charge in [0.05, 0.1) is 18.4 Å². The van der Waals surface area contributed by atoms with Crippen molar-refractivity contribution in [3.8, 4) is 17.0 Å². The largest absolute Gasteiger partial charge is 0.497 e. The highest BCUT2D eigenvalue weighted by Crippen LogP contribution is 2.28. The summed E-state index contributed by atoms with van der Waals surface area (Å²) in [4.78, 5) is 24.2. The molecule has 6 heteroatoms. The summed E-state index contributed by atoms with van der Waals surface area (Å²) in [6.07, 6.45) is 1.98. The van der Waals surface area contributed by atoms with Gasteiger partial charge in [-0.1, -0.05) is 19.1 Å². The Bertz CT molecular complexity index is 1070. The first-order valence-corrected chi connectivity index (χ1v) is 10.2. The quantitative estimate of drug-likeness (QED) is 0.656. The van der Waals surface area contributed by atoms with E-state index in [0.29, 0.717) is 25.9 Å². The van der Waals surface area contributed by atoms with Gasteiger partial charge in [0.15, 0.2) is 0 Å². The summed E-state index contributed by atoms with van der Waals surface area (Å²) < 4.78 is 19.4. The summed E-state index contributed by atoms with van der Waals surface area (Å²) in [6, 6.07) is 14.0. The van der Waals surface area contributed by atoms with Gasteiger partial charge >= 0.3 is 0 Å². The van der Waals surface area contributed by atoms with Gasteiger partial charge in [-0.3, -0.25) is 4.79 Å². The fourth-order valence-electron chi connectivity index (χ4n) is 3.80. The second-order valence-electron chi connectivity index (χ2n) is 7.27. The van der Waals surface area contributed by atoms with Crippen LogP contribution in [-0.2, 0) is 19.3 Å². The Morgan fingerprint density at radius 2 is 1.80 bits per heavy atom. The molecular weight excluding hydrogens is 381 g/mol. The summed E-state index contributed by atoms with van der Waals surface area (Å²) in [5, 5.41) is 0. The molecule has 1 amide bonds. The molecule has 30 heavy (non-hydrogen) atoms. The van der Waals surface area contributed by atoms with E-state index in [4.69, 9.17) is 14.7 Å². The highest BCUT2D eigenvalue weighted by Gasteiger charge is 2.25. The number of amides is 1. The topological polar surface area (TPSA) is 55.3 Å². The van der Waals surface area contributed by atoms with Crippen LogP contribution in [0.1, 0.15) is 34.4 Å². The first kappa shape index (κ1) is 20.0. The Kier molecular flexibility index (Phi) is 5.74. The number of nitrogens with zero attached hydrogens (tertiary/aromatic N) is 3. The smallest absolute Gasteiger partial charge is 0.256 e. The van der Waals surface area contributed by atoms with Crippen LogP contribution in [0.5, 0.6) is 5.75 Å². The number of aryl methyl sites for hydroxylation is 1. The summed E-state index contributed by atoms with van der Waals surface area (Å²) in [7, 11) is 1.64. The molecule has 0 spiro atoms. The van der Waals surface area contributed by atoms with Crippen molar-refractivity contribution in [1.82, 2.24) is 14.9 Å². The third-order valence-electron chi connectivity index (χ3n) is 5.46. The van der Waals surface area contributed by atoms with Gasteiger partial charge in [0, 0.05) is 42.8 Å². The zero-order valence-electron chi connectivity index (χ0n) is 17.2. The molecular formula is C24H24FN3O2. The lowest BCUT2D eigenvalue weighted by molar-refractivity contribution is 0.0758. The summed E-state index contributed by atoms with van der Waals surface area (Å²) in [5.41, 5.74) is 4.04.